The monoisotopic (exact) mass is 257 g/mol. The lowest BCUT2D eigenvalue weighted by Gasteiger charge is -2.10. The molecule has 0 spiro atoms. The summed E-state index contributed by atoms with van der Waals surface area (Å²) in [5.41, 5.74) is 3.12. The van der Waals surface area contributed by atoms with Crippen molar-refractivity contribution in [3.63, 3.8) is 0 Å². The van der Waals surface area contributed by atoms with Gasteiger partial charge in [-0.05, 0) is 38.8 Å². The molecule has 1 aromatic rings. The molecule has 1 rings (SSSR count). The first-order chi connectivity index (χ1) is 8.95. The maximum absolute atomic E-state index is 11.7. The number of rotatable bonds is 4. The Morgan fingerprint density at radius 2 is 1.89 bits per heavy atom. The van der Waals surface area contributed by atoms with Gasteiger partial charge in [-0.25, -0.2) is 0 Å². The molecule has 1 amide bonds. The zero-order valence-corrected chi connectivity index (χ0v) is 11.7. The number of amides is 1. The fourth-order valence-corrected chi connectivity index (χ4v) is 1.68. The highest BCUT2D eigenvalue weighted by molar-refractivity contribution is 5.97. The van der Waals surface area contributed by atoms with Crippen LogP contribution in [0.1, 0.15) is 25.0 Å². The Morgan fingerprint density at radius 1 is 1.32 bits per heavy atom. The van der Waals surface area contributed by atoms with Gasteiger partial charge in [-0.15, -0.1) is 0 Å². The summed E-state index contributed by atoms with van der Waals surface area (Å²) in [5, 5.41) is 14.7. The zero-order chi connectivity index (χ0) is 14.4. The van der Waals surface area contributed by atoms with E-state index in [0.717, 1.165) is 16.8 Å². The number of carbonyl (C=O) groups is 1. The van der Waals surface area contributed by atoms with Crippen molar-refractivity contribution in [3.8, 4) is 6.07 Å². The third-order valence-electron chi connectivity index (χ3n) is 2.63. The van der Waals surface area contributed by atoms with Crippen LogP contribution in [0.3, 0.4) is 0 Å². The Labute approximate surface area is 114 Å². The normalized spacial score (nSPS) is 11.1. The minimum Gasteiger partial charge on any atom is -0.360 e. The van der Waals surface area contributed by atoms with Crippen molar-refractivity contribution in [1.82, 2.24) is 5.32 Å². The first-order valence-electron chi connectivity index (χ1n) is 6.19. The predicted octanol–water partition coefficient (Wildman–Crippen LogP) is 2.65. The van der Waals surface area contributed by atoms with Crippen LogP contribution in [0.25, 0.3) is 0 Å². The van der Waals surface area contributed by atoms with Crippen LogP contribution >= 0.6 is 0 Å². The lowest BCUT2D eigenvalue weighted by Crippen LogP contribution is -2.31. The van der Waals surface area contributed by atoms with E-state index in [0.29, 0.717) is 0 Å². The summed E-state index contributed by atoms with van der Waals surface area (Å²) in [7, 11) is 0. The number of hydrogen-bond donors (Lipinski definition) is 2. The van der Waals surface area contributed by atoms with Gasteiger partial charge in [0, 0.05) is 17.9 Å². The lowest BCUT2D eigenvalue weighted by molar-refractivity contribution is -0.117. The van der Waals surface area contributed by atoms with Crippen LogP contribution in [0.2, 0.25) is 0 Å². The summed E-state index contributed by atoms with van der Waals surface area (Å²) in [6, 6.07) is 7.83. The zero-order valence-electron chi connectivity index (χ0n) is 11.7. The summed E-state index contributed by atoms with van der Waals surface area (Å²) in [4.78, 5) is 11.7. The van der Waals surface area contributed by atoms with Gasteiger partial charge in [0.25, 0.3) is 5.91 Å². The maximum atomic E-state index is 11.7. The van der Waals surface area contributed by atoms with Gasteiger partial charge in [-0.2, -0.15) is 5.26 Å². The molecule has 0 aromatic heterocycles. The molecule has 0 bridgehead atoms. The molecule has 19 heavy (non-hydrogen) atoms. The molecule has 0 fully saturated rings. The Kier molecular flexibility index (Phi) is 5.13. The Bertz CT molecular complexity index is 519. The fourth-order valence-electron chi connectivity index (χ4n) is 1.68. The highest BCUT2D eigenvalue weighted by atomic mass is 16.1. The molecule has 0 aliphatic carbocycles. The average Bonchev–Trinajstić information content (AvgIpc) is 2.32. The number of nitrogens with one attached hydrogen (secondary N) is 2. The van der Waals surface area contributed by atoms with Crippen LogP contribution in [0, 0.1) is 25.2 Å². The summed E-state index contributed by atoms with van der Waals surface area (Å²) in [6.07, 6.45) is 1.45. The van der Waals surface area contributed by atoms with E-state index in [1.54, 1.807) is 0 Å². The number of anilines is 1. The third kappa shape index (κ3) is 4.14. The smallest absolute Gasteiger partial charge is 0.263 e. The minimum absolute atomic E-state index is 0.00412. The molecule has 4 heteroatoms. The SMILES string of the molecule is Cc1cccc(C)c1N/C=C(/C#N)C(=O)NC(C)C. The van der Waals surface area contributed by atoms with Crippen molar-refractivity contribution >= 4 is 11.6 Å². The number of nitriles is 1. The number of hydrogen-bond acceptors (Lipinski definition) is 3. The largest absolute Gasteiger partial charge is 0.360 e. The number of benzene rings is 1. The van der Waals surface area contributed by atoms with Crippen LogP contribution in [0.5, 0.6) is 0 Å². The topological polar surface area (TPSA) is 64.9 Å². The van der Waals surface area contributed by atoms with Gasteiger partial charge in [-0.3, -0.25) is 4.79 Å². The molecule has 0 radical (unpaired) electrons. The van der Waals surface area contributed by atoms with E-state index in [4.69, 9.17) is 5.26 Å². The second kappa shape index (κ2) is 6.60. The van der Waals surface area contributed by atoms with Gasteiger partial charge >= 0.3 is 0 Å². The molecule has 2 N–H and O–H groups in total. The molecule has 4 nitrogen and oxygen atoms in total. The molecule has 0 saturated heterocycles. The van der Waals surface area contributed by atoms with Gasteiger partial charge < -0.3 is 10.6 Å². The van der Waals surface area contributed by atoms with E-state index in [9.17, 15) is 4.79 Å². The summed E-state index contributed by atoms with van der Waals surface area (Å²) >= 11 is 0. The average molecular weight is 257 g/mol. The van der Waals surface area contributed by atoms with Crippen LogP contribution in [0.4, 0.5) is 5.69 Å². The van der Waals surface area contributed by atoms with Crippen molar-refractivity contribution in [3.05, 3.63) is 41.1 Å². The van der Waals surface area contributed by atoms with E-state index < -0.39 is 0 Å². The number of carbonyl (C=O) groups excluding carboxylic acids is 1. The first-order valence-corrected chi connectivity index (χ1v) is 6.19. The van der Waals surface area contributed by atoms with Gasteiger partial charge in [0.1, 0.15) is 11.6 Å². The molecule has 0 aliphatic rings. The fraction of sp³-hybridized carbons (Fsp3) is 0.333. The molecule has 0 heterocycles. The van der Waals surface area contributed by atoms with E-state index >= 15 is 0 Å². The Hall–Kier alpha value is -2.28. The lowest BCUT2D eigenvalue weighted by atomic mass is 10.1. The Balaban J connectivity index is 2.90. The minimum atomic E-state index is -0.365. The van der Waals surface area contributed by atoms with Crippen molar-refractivity contribution in [2.45, 2.75) is 33.7 Å². The molecule has 100 valence electrons. The first kappa shape index (κ1) is 14.8. The van der Waals surface area contributed by atoms with E-state index in [2.05, 4.69) is 10.6 Å². The van der Waals surface area contributed by atoms with Crippen LogP contribution in [-0.2, 0) is 4.79 Å². The van der Waals surface area contributed by atoms with E-state index in [1.807, 2.05) is 52.0 Å². The standard InChI is InChI=1S/C15H19N3O/c1-10(2)18-15(19)13(8-16)9-17-14-11(3)6-5-7-12(14)4/h5-7,9-10,17H,1-4H3,(H,18,19)/b13-9-. The molecule has 0 saturated carbocycles. The van der Waals surface area contributed by atoms with Gasteiger partial charge in [0.2, 0.25) is 0 Å². The summed E-state index contributed by atoms with van der Waals surface area (Å²) < 4.78 is 0. The van der Waals surface area contributed by atoms with Gasteiger partial charge in [0.05, 0.1) is 0 Å². The summed E-state index contributed by atoms with van der Waals surface area (Å²) in [5.74, 6) is -0.365. The highest BCUT2D eigenvalue weighted by Crippen LogP contribution is 2.19. The summed E-state index contributed by atoms with van der Waals surface area (Å²) in [6.45, 7) is 7.66. The number of aryl methyl sites for hydroxylation is 2. The third-order valence-corrected chi connectivity index (χ3v) is 2.63. The van der Waals surface area contributed by atoms with Crippen molar-refractivity contribution in [1.29, 1.82) is 5.26 Å². The van der Waals surface area contributed by atoms with Crippen molar-refractivity contribution in [2.24, 2.45) is 0 Å². The molecule has 0 aliphatic heterocycles. The second-order valence-electron chi connectivity index (χ2n) is 4.71. The predicted molar refractivity (Wildman–Crippen MR) is 76.5 cm³/mol. The number of para-hydroxylation sites is 1. The van der Waals surface area contributed by atoms with Crippen molar-refractivity contribution in [2.75, 3.05) is 5.32 Å². The van der Waals surface area contributed by atoms with Gasteiger partial charge in [-0.1, -0.05) is 18.2 Å². The molecular weight excluding hydrogens is 238 g/mol. The highest BCUT2D eigenvalue weighted by Gasteiger charge is 2.10. The van der Waals surface area contributed by atoms with Crippen molar-refractivity contribution < 1.29 is 4.79 Å². The van der Waals surface area contributed by atoms with Crippen LogP contribution in [0.15, 0.2) is 30.0 Å². The van der Waals surface area contributed by atoms with Crippen LogP contribution < -0.4 is 10.6 Å². The quantitative estimate of drug-likeness (QED) is 0.643. The Morgan fingerprint density at radius 3 is 2.37 bits per heavy atom. The molecule has 0 atom stereocenters. The van der Waals surface area contributed by atoms with Gasteiger partial charge in [0.15, 0.2) is 0 Å². The van der Waals surface area contributed by atoms with E-state index in [1.165, 1.54) is 6.20 Å². The maximum Gasteiger partial charge on any atom is 0.263 e. The number of nitrogens with zero attached hydrogens (tertiary/aromatic N) is 1. The molecule has 1 aromatic carbocycles. The van der Waals surface area contributed by atoms with E-state index in [-0.39, 0.29) is 17.5 Å². The second-order valence-corrected chi connectivity index (χ2v) is 4.71. The van der Waals surface area contributed by atoms with Crippen LogP contribution in [-0.4, -0.2) is 11.9 Å². The molecular formula is C15H19N3O. The molecule has 0 unspecified atom stereocenters.